The molecule has 2 fully saturated rings. The molecule has 1 aromatic rings. The lowest BCUT2D eigenvalue weighted by atomic mass is 10.2. The summed E-state index contributed by atoms with van der Waals surface area (Å²) in [5, 5.41) is 3.03. The number of carbonyl (C=O) groups is 2. The van der Waals surface area contributed by atoms with Crippen molar-refractivity contribution in [3.05, 3.63) is 18.2 Å². The first-order valence-corrected chi connectivity index (χ1v) is 9.73. The van der Waals surface area contributed by atoms with E-state index < -0.39 is 0 Å². The molecule has 27 heavy (non-hydrogen) atoms. The monoisotopic (exact) mass is 375 g/mol. The molecular weight excluding hydrogens is 348 g/mol. The molecule has 8 heteroatoms. The van der Waals surface area contributed by atoms with Crippen molar-refractivity contribution in [3.63, 3.8) is 0 Å². The second kappa shape index (κ2) is 7.64. The van der Waals surface area contributed by atoms with Crippen molar-refractivity contribution in [2.75, 3.05) is 57.4 Å². The number of urea groups is 1. The second-order valence-electron chi connectivity index (χ2n) is 7.27. The number of benzene rings is 1. The predicted molar refractivity (Wildman–Crippen MR) is 99.5 cm³/mol. The van der Waals surface area contributed by atoms with Crippen LogP contribution in [0.15, 0.2) is 18.2 Å². The number of anilines is 1. The number of amides is 3. The van der Waals surface area contributed by atoms with Crippen molar-refractivity contribution in [1.29, 1.82) is 0 Å². The normalized spacial score (nSPS) is 22.9. The molecule has 0 spiro atoms. The quantitative estimate of drug-likeness (QED) is 0.747. The van der Waals surface area contributed by atoms with Crippen LogP contribution in [-0.4, -0.2) is 75.4 Å². The topological polar surface area (TPSA) is 75.6 Å². The number of hydrogen-bond acceptors (Lipinski definition) is 4. The van der Waals surface area contributed by atoms with Gasteiger partial charge in [0.15, 0.2) is 11.5 Å². The summed E-state index contributed by atoms with van der Waals surface area (Å²) in [6.45, 7) is 8.28. The Hall–Kier alpha value is -2.48. The maximum absolute atomic E-state index is 12.5. The van der Waals surface area contributed by atoms with Gasteiger partial charge >= 0.3 is 6.03 Å². The lowest BCUT2D eigenvalue weighted by molar-refractivity contribution is -0.902. The zero-order chi connectivity index (χ0) is 18.8. The fourth-order valence-electron chi connectivity index (χ4n) is 3.90. The van der Waals surface area contributed by atoms with Crippen LogP contribution < -0.4 is 24.6 Å². The van der Waals surface area contributed by atoms with Crippen molar-refractivity contribution in [1.82, 2.24) is 10.2 Å². The minimum absolute atomic E-state index is 0.0113. The van der Waals surface area contributed by atoms with Crippen LogP contribution in [0.3, 0.4) is 0 Å². The smallest absolute Gasteiger partial charge is 0.318 e. The molecule has 1 aromatic carbocycles. The Balaban J connectivity index is 1.36. The minimum Gasteiger partial charge on any atom is -0.486 e. The van der Waals surface area contributed by atoms with Crippen LogP contribution in [0.1, 0.15) is 13.3 Å². The highest BCUT2D eigenvalue weighted by Crippen LogP contribution is 2.35. The van der Waals surface area contributed by atoms with E-state index in [1.807, 2.05) is 23.1 Å². The highest BCUT2D eigenvalue weighted by molar-refractivity contribution is 5.97. The summed E-state index contributed by atoms with van der Waals surface area (Å²) in [5.41, 5.74) is 0.779. The van der Waals surface area contributed by atoms with Crippen LogP contribution in [0.2, 0.25) is 0 Å². The molecule has 0 aliphatic carbocycles. The van der Waals surface area contributed by atoms with Gasteiger partial charge in [0.25, 0.3) is 0 Å². The van der Waals surface area contributed by atoms with Crippen molar-refractivity contribution in [2.24, 2.45) is 0 Å². The van der Waals surface area contributed by atoms with E-state index in [2.05, 4.69) is 12.2 Å². The lowest BCUT2D eigenvalue weighted by Gasteiger charge is -2.32. The van der Waals surface area contributed by atoms with E-state index in [9.17, 15) is 9.59 Å². The van der Waals surface area contributed by atoms with E-state index in [1.54, 1.807) is 4.90 Å². The number of hydrogen-bond donors (Lipinski definition) is 2. The van der Waals surface area contributed by atoms with Crippen molar-refractivity contribution >= 4 is 17.6 Å². The van der Waals surface area contributed by atoms with Gasteiger partial charge in [-0.15, -0.1) is 0 Å². The summed E-state index contributed by atoms with van der Waals surface area (Å²) in [7, 11) is 0. The first-order chi connectivity index (χ1) is 13.1. The van der Waals surface area contributed by atoms with E-state index in [-0.39, 0.29) is 18.0 Å². The summed E-state index contributed by atoms with van der Waals surface area (Å²) in [5.74, 6) is 1.38. The van der Waals surface area contributed by atoms with E-state index in [1.165, 1.54) is 4.90 Å². The Morgan fingerprint density at radius 1 is 1.22 bits per heavy atom. The van der Waals surface area contributed by atoms with Crippen molar-refractivity contribution in [2.45, 2.75) is 19.4 Å². The summed E-state index contributed by atoms with van der Waals surface area (Å²) in [6, 6.07) is 5.30. The second-order valence-corrected chi connectivity index (χ2v) is 7.27. The average Bonchev–Trinajstić information content (AvgIpc) is 3.07. The summed E-state index contributed by atoms with van der Waals surface area (Å²) < 4.78 is 11.1. The number of fused-ring (bicyclic) bond motifs is 1. The molecule has 3 aliphatic rings. The molecule has 146 valence electrons. The van der Waals surface area contributed by atoms with Gasteiger partial charge in [-0.3, -0.25) is 4.79 Å². The van der Waals surface area contributed by atoms with Crippen LogP contribution in [0.4, 0.5) is 10.5 Å². The third-order valence-electron chi connectivity index (χ3n) is 5.55. The Kier molecular flexibility index (Phi) is 5.07. The molecule has 0 saturated carbocycles. The molecule has 0 radical (unpaired) electrons. The molecule has 2 saturated heterocycles. The van der Waals surface area contributed by atoms with Crippen molar-refractivity contribution in [3.8, 4) is 11.5 Å². The van der Waals surface area contributed by atoms with E-state index >= 15 is 0 Å². The molecule has 3 heterocycles. The summed E-state index contributed by atoms with van der Waals surface area (Å²) >= 11 is 0. The fraction of sp³-hybridized carbons (Fsp3) is 0.579. The van der Waals surface area contributed by atoms with Crippen molar-refractivity contribution < 1.29 is 24.0 Å². The summed E-state index contributed by atoms with van der Waals surface area (Å²) in [4.78, 5) is 30.1. The molecule has 2 N–H and O–H groups in total. The number of nitrogens with one attached hydrogen (secondary N) is 2. The Morgan fingerprint density at radius 3 is 2.70 bits per heavy atom. The fourth-order valence-corrected chi connectivity index (χ4v) is 3.90. The highest BCUT2D eigenvalue weighted by atomic mass is 16.6. The number of likely N-dealkylation sites (N-methyl/N-ethyl adjacent to an activating group) is 1. The SMILES string of the molecule is CC[NH+]1CCN(C(=O)N[C@@H]2CC(=O)N(c3ccc4c(c3)OCCO4)C2)CC1. The largest absolute Gasteiger partial charge is 0.486 e. The van der Waals surface area contributed by atoms with E-state index in [0.29, 0.717) is 37.7 Å². The molecule has 8 nitrogen and oxygen atoms in total. The Morgan fingerprint density at radius 2 is 1.96 bits per heavy atom. The average molecular weight is 375 g/mol. The van der Waals surface area contributed by atoms with E-state index in [4.69, 9.17) is 9.47 Å². The molecule has 0 unspecified atom stereocenters. The molecular formula is C19H27N4O4+. The van der Waals surface area contributed by atoms with Crippen LogP contribution in [-0.2, 0) is 4.79 Å². The molecule has 0 aromatic heterocycles. The summed E-state index contributed by atoms with van der Waals surface area (Å²) in [6.07, 6.45) is 0.320. The number of rotatable bonds is 3. The van der Waals surface area contributed by atoms with Gasteiger partial charge in [-0.1, -0.05) is 0 Å². The molecule has 3 aliphatic heterocycles. The molecule has 4 rings (SSSR count). The molecule has 0 bridgehead atoms. The van der Waals surface area contributed by atoms with Gasteiger partial charge in [0, 0.05) is 24.7 Å². The zero-order valence-electron chi connectivity index (χ0n) is 15.7. The van der Waals surface area contributed by atoms with Gasteiger partial charge in [0.05, 0.1) is 38.8 Å². The maximum Gasteiger partial charge on any atom is 0.318 e. The number of quaternary nitrogens is 1. The third-order valence-corrected chi connectivity index (χ3v) is 5.55. The standard InChI is InChI=1S/C19H26N4O4/c1-2-21-5-7-22(8-6-21)19(25)20-14-11-18(24)23(13-14)15-3-4-16-17(12-15)27-10-9-26-16/h3-4,12,14H,2,5-11,13H2,1H3,(H,20,25)/p+1/t14-/m1/s1. The van der Waals surface area contributed by atoms with Crippen LogP contribution >= 0.6 is 0 Å². The number of piperazine rings is 1. The maximum atomic E-state index is 12.5. The van der Waals surface area contributed by atoms with Gasteiger partial charge in [-0.05, 0) is 19.1 Å². The van der Waals surface area contributed by atoms with Gasteiger partial charge in [-0.25, -0.2) is 4.79 Å². The van der Waals surface area contributed by atoms with Crippen LogP contribution in [0, 0.1) is 0 Å². The number of nitrogens with zero attached hydrogens (tertiary/aromatic N) is 2. The number of carbonyl (C=O) groups excluding carboxylic acids is 2. The van der Waals surface area contributed by atoms with Gasteiger partial charge in [-0.2, -0.15) is 0 Å². The van der Waals surface area contributed by atoms with E-state index in [0.717, 1.165) is 38.4 Å². The Bertz CT molecular complexity index is 718. The van der Waals surface area contributed by atoms with Crippen LogP contribution in [0.25, 0.3) is 0 Å². The van der Waals surface area contributed by atoms with Crippen LogP contribution in [0.5, 0.6) is 11.5 Å². The predicted octanol–water partition coefficient (Wildman–Crippen LogP) is -0.507. The lowest BCUT2D eigenvalue weighted by Crippen LogP contribution is -3.14. The third kappa shape index (κ3) is 3.80. The molecule has 1 atom stereocenters. The van der Waals surface area contributed by atoms with Gasteiger partial charge in [0.1, 0.15) is 13.2 Å². The minimum atomic E-state index is -0.172. The number of ether oxygens (including phenoxy) is 2. The van der Waals surface area contributed by atoms with Gasteiger partial charge in [0.2, 0.25) is 5.91 Å². The Labute approximate surface area is 159 Å². The first kappa shape index (κ1) is 17.9. The van der Waals surface area contributed by atoms with Gasteiger partial charge < -0.3 is 29.5 Å². The highest BCUT2D eigenvalue weighted by Gasteiger charge is 2.34. The zero-order valence-corrected chi connectivity index (χ0v) is 15.7. The molecule has 3 amide bonds. The first-order valence-electron chi connectivity index (χ1n) is 9.73.